The van der Waals surface area contributed by atoms with Gasteiger partial charge in [0.1, 0.15) is 11.9 Å². The fourth-order valence-electron chi connectivity index (χ4n) is 5.62. The van der Waals surface area contributed by atoms with Crippen LogP contribution in [0.4, 0.5) is 10.1 Å². The second-order valence-corrected chi connectivity index (χ2v) is 10.6. The fraction of sp³-hybridized carbons (Fsp3) is 0.290. The van der Waals surface area contributed by atoms with Gasteiger partial charge in [0, 0.05) is 42.9 Å². The van der Waals surface area contributed by atoms with Gasteiger partial charge in [0.15, 0.2) is 5.82 Å². The number of benzene rings is 3. The standard InChI is InChI=1S/C31H32FN7O/c1-20-7-10-24-18-26(31(40)33-27(24)17-20)29(30-34-35-36-39(30)19-23-8-11-25(32)12-9-23)38-15-13-37(14-16-38)28-6-4-5-21(2)22(28)3/h4-12,17-18,29H,13-16,19H2,1-3H3,(H,33,40). The molecule has 204 valence electrons. The Hall–Kier alpha value is -4.37. The van der Waals surface area contributed by atoms with E-state index in [9.17, 15) is 9.18 Å². The minimum Gasteiger partial charge on any atom is -0.369 e. The van der Waals surface area contributed by atoms with E-state index in [4.69, 9.17) is 0 Å². The maximum absolute atomic E-state index is 13.6. The summed E-state index contributed by atoms with van der Waals surface area (Å²) in [6.07, 6.45) is 0. The molecule has 1 fully saturated rings. The molecule has 6 rings (SSSR count). The zero-order valence-electron chi connectivity index (χ0n) is 22.9. The predicted octanol–water partition coefficient (Wildman–Crippen LogP) is 4.54. The van der Waals surface area contributed by atoms with Crippen LogP contribution in [0.1, 0.15) is 39.7 Å². The van der Waals surface area contributed by atoms with Crippen LogP contribution < -0.4 is 10.5 Å². The van der Waals surface area contributed by atoms with Crippen LogP contribution in [0.15, 0.2) is 71.5 Å². The molecule has 3 heterocycles. The van der Waals surface area contributed by atoms with Crippen molar-refractivity contribution in [1.82, 2.24) is 30.1 Å². The van der Waals surface area contributed by atoms with E-state index in [1.54, 1.807) is 16.8 Å². The molecule has 0 aliphatic carbocycles. The van der Waals surface area contributed by atoms with Gasteiger partial charge >= 0.3 is 0 Å². The third-order valence-electron chi connectivity index (χ3n) is 7.97. The van der Waals surface area contributed by atoms with Crippen LogP contribution in [0, 0.1) is 26.6 Å². The largest absolute Gasteiger partial charge is 0.369 e. The maximum atomic E-state index is 13.6. The number of piperazine rings is 1. The van der Waals surface area contributed by atoms with E-state index < -0.39 is 6.04 Å². The molecule has 40 heavy (non-hydrogen) atoms. The Kier molecular flexibility index (Phi) is 6.89. The zero-order valence-corrected chi connectivity index (χ0v) is 22.9. The molecule has 1 saturated heterocycles. The van der Waals surface area contributed by atoms with Gasteiger partial charge < -0.3 is 9.88 Å². The summed E-state index contributed by atoms with van der Waals surface area (Å²) in [5.74, 6) is 0.291. The molecule has 3 aromatic carbocycles. The topological polar surface area (TPSA) is 82.9 Å². The lowest BCUT2D eigenvalue weighted by Crippen LogP contribution is -2.49. The Morgan fingerprint density at radius 2 is 1.73 bits per heavy atom. The number of aromatic amines is 1. The molecule has 1 aliphatic rings. The Balaban J connectivity index is 1.38. The minimum absolute atomic E-state index is 0.156. The molecule has 1 aliphatic heterocycles. The van der Waals surface area contributed by atoms with E-state index >= 15 is 0 Å². The first-order chi connectivity index (χ1) is 19.4. The van der Waals surface area contributed by atoms with E-state index in [0.29, 0.717) is 17.9 Å². The van der Waals surface area contributed by atoms with Crippen LogP contribution >= 0.6 is 0 Å². The number of fused-ring (bicyclic) bond motifs is 1. The number of hydrogen-bond donors (Lipinski definition) is 1. The highest BCUT2D eigenvalue weighted by Crippen LogP contribution is 2.30. The molecule has 0 amide bonds. The van der Waals surface area contributed by atoms with E-state index in [1.165, 1.54) is 28.9 Å². The van der Waals surface area contributed by atoms with E-state index in [2.05, 4.69) is 62.4 Å². The molecule has 5 aromatic rings. The van der Waals surface area contributed by atoms with Crippen molar-refractivity contribution in [1.29, 1.82) is 0 Å². The Bertz CT molecular complexity index is 1720. The van der Waals surface area contributed by atoms with E-state index in [1.807, 2.05) is 31.2 Å². The van der Waals surface area contributed by atoms with Gasteiger partial charge in [-0.15, -0.1) is 5.10 Å². The van der Waals surface area contributed by atoms with E-state index in [0.717, 1.165) is 48.2 Å². The van der Waals surface area contributed by atoms with Crippen molar-refractivity contribution in [3.8, 4) is 0 Å². The van der Waals surface area contributed by atoms with Gasteiger partial charge in [-0.2, -0.15) is 0 Å². The van der Waals surface area contributed by atoms with E-state index in [-0.39, 0.29) is 11.4 Å². The van der Waals surface area contributed by atoms with Crippen molar-refractivity contribution >= 4 is 16.6 Å². The summed E-state index contributed by atoms with van der Waals surface area (Å²) in [6, 6.07) is 20.3. The van der Waals surface area contributed by atoms with Crippen molar-refractivity contribution in [2.45, 2.75) is 33.4 Å². The summed E-state index contributed by atoms with van der Waals surface area (Å²) in [4.78, 5) is 21.4. The highest BCUT2D eigenvalue weighted by atomic mass is 19.1. The van der Waals surface area contributed by atoms with Gasteiger partial charge in [0.2, 0.25) is 0 Å². The van der Waals surface area contributed by atoms with Crippen molar-refractivity contribution in [2.75, 3.05) is 31.1 Å². The third-order valence-corrected chi connectivity index (χ3v) is 7.97. The number of hydrogen-bond acceptors (Lipinski definition) is 6. The summed E-state index contributed by atoms with van der Waals surface area (Å²) in [6.45, 7) is 9.76. The number of aromatic nitrogens is 5. The molecule has 1 atom stereocenters. The van der Waals surface area contributed by atoms with Crippen molar-refractivity contribution < 1.29 is 4.39 Å². The lowest BCUT2D eigenvalue weighted by Gasteiger charge is -2.40. The summed E-state index contributed by atoms with van der Waals surface area (Å²) in [5.41, 5.74) is 7.01. The van der Waals surface area contributed by atoms with Gasteiger partial charge in [0.05, 0.1) is 6.54 Å². The zero-order chi connectivity index (χ0) is 27.8. The monoisotopic (exact) mass is 537 g/mol. The number of aryl methyl sites for hydroxylation is 2. The van der Waals surface area contributed by atoms with Crippen molar-refractivity contribution in [2.24, 2.45) is 0 Å². The summed E-state index contributed by atoms with van der Waals surface area (Å²) in [5, 5.41) is 13.7. The molecule has 0 bridgehead atoms. The summed E-state index contributed by atoms with van der Waals surface area (Å²) >= 11 is 0. The van der Waals surface area contributed by atoms with Crippen LogP contribution in [0.3, 0.4) is 0 Å². The molecule has 0 saturated carbocycles. The number of nitrogens with zero attached hydrogens (tertiary/aromatic N) is 6. The highest BCUT2D eigenvalue weighted by Gasteiger charge is 2.33. The molecule has 1 unspecified atom stereocenters. The predicted molar refractivity (Wildman–Crippen MR) is 154 cm³/mol. The van der Waals surface area contributed by atoms with Gasteiger partial charge in [0.25, 0.3) is 5.56 Å². The maximum Gasteiger partial charge on any atom is 0.253 e. The molecule has 9 heteroatoms. The average Bonchev–Trinajstić information content (AvgIpc) is 3.40. The number of anilines is 1. The van der Waals surface area contributed by atoms with Crippen LogP contribution in [0.25, 0.3) is 10.9 Å². The highest BCUT2D eigenvalue weighted by molar-refractivity contribution is 5.79. The van der Waals surface area contributed by atoms with Crippen molar-refractivity contribution in [3.63, 3.8) is 0 Å². The lowest BCUT2D eigenvalue weighted by atomic mass is 10.0. The lowest BCUT2D eigenvalue weighted by molar-refractivity contribution is 0.200. The first-order valence-electron chi connectivity index (χ1n) is 13.6. The number of H-pyrrole nitrogens is 1. The number of pyridine rings is 1. The van der Waals surface area contributed by atoms with Gasteiger partial charge in [-0.05, 0) is 89.2 Å². The van der Waals surface area contributed by atoms with Gasteiger partial charge in [-0.25, -0.2) is 9.07 Å². The Labute approximate surface area is 232 Å². The normalized spacial score (nSPS) is 15.1. The number of nitrogens with one attached hydrogen (secondary N) is 1. The Morgan fingerprint density at radius 1 is 0.950 bits per heavy atom. The third kappa shape index (κ3) is 5.00. The first kappa shape index (κ1) is 25.9. The number of halogens is 1. The SMILES string of the molecule is Cc1ccc2cc(C(c3nnnn3Cc3ccc(F)cc3)N3CCN(c4cccc(C)c4C)CC3)c(=O)[nH]c2c1. The molecule has 0 spiro atoms. The van der Waals surface area contributed by atoms with Crippen LogP contribution in [0.2, 0.25) is 0 Å². The molecule has 1 N–H and O–H groups in total. The first-order valence-corrected chi connectivity index (χ1v) is 13.6. The Morgan fingerprint density at radius 3 is 2.50 bits per heavy atom. The molecule has 8 nitrogen and oxygen atoms in total. The smallest absolute Gasteiger partial charge is 0.253 e. The van der Waals surface area contributed by atoms with Crippen LogP contribution in [0.5, 0.6) is 0 Å². The van der Waals surface area contributed by atoms with Gasteiger partial charge in [-0.1, -0.05) is 36.4 Å². The summed E-state index contributed by atoms with van der Waals surface area (Å²) < 4.78 is 15.3. The van der Waals surface area contributed by atoms with Crippen LogP contribution in [-0.2, 0) is 6.54 Å². The minimum atomic E-state index is -0.453. The second kappa shape index (κ2) is 10.7. The molecular formula is C31H32FN7O. The van der Waals surface area contributed by atoms with Crippen molar-refractivity contribution in [3.05, 3.63) is 117 Å². The average molecular weight is 538 g/mol. The molecule has 2 aromatic heterocycles. The molecule has 0 radical (unpaired) electrons. The quantitative estimate of drug-likeness (QED) is 0.343. The molecular weight excluding hydrogens is 505 g/mol. The van der Waals surface area contributed by atoms with Gasteiger partial charge in [-0.3, -0.25) is 9.69 Å². The fourth-order valence-corrected chi connectivity index (χ4v) is 5.62. The van der Waals surface area contributed by atoms with Crippen LogP contribution in [-0.4, -0.2) is 56.3 Å². The number of rotatable bonds is 6. The number of tetrazole rings is 1. The second-order valence-electron chi connectivity index (χ2n) is 10.6. The summed E-state index contributed by atoms with van der Waals surface area (Å²) in [7, 11) is 0.